The average molecular weight is 390 g/mol. The molecule has 1 aliphatic heterocycles. The quantitative estimate of drug-likeness (QED) is 0.811. The van der Waals surface area contributed by atoms with Crippen LogP contribution in [0.1, 0.15) is 38.5 Å². The molecule has 2 fully saturated rings. The van der Waals surface area contributed by atoms with Gasteiger partial charge in [-0.25, -0.2) is 0 Å². The van der Waals surface area contributed by atoms with Crippen LogP contribution < -0.4 is 15.0 Å². The number of benzene rings is 1. The first kappa shape index (κ1) is 19.7. The Labute approximate surface area is 164 Å². The molecule has 1 aromatic carbocycles. The summed E-state index contributed by atoms with van der Waals surface area (Å²) in [5.74, 6) is 1.15. The van der Waals surface area contributed by atoms with E-state index in [-0.39, 0.29) is 18.2 Å². The zero-order valence-electron chi connectivity index (χ0n) is 15.9. The van der Waals surface area contributed by atoms with Gasteiger partial charge in [0, 0.05) is 25.7 Å². The van der Waals surface area contributed by atoms with E-state index < -0.39 is 5.25 Å². The summed E-state index contributed by atoms with van der Waals surface area (Å²) in [6.07, 6.45) is 6.49. The molecule has 7 heteroatoms. The molecule has 1 N–H and O–H groups in total. The van der Waals surface area contributed by atoms with Gasteiger partial charge in [-0.3, -0.25) is 14.6 Å². The molecule has 1 aromatic rings. The summed E-state index contributed by atoms with van der Waals surface area (Å²) >= 11 is 1.38. The topological polar surface area (TPSA) is 71.0 Å². The second kappa shape index (κ2) is 9.26. The Morgan fingerprint density at radius 3 is 2.63 bits per heavy atom. The Bertz CT molecular complexity index is 699. The number of methoxy groups -OCH3 is 1. The monoisotopic (exact) mass is 389 g/mol. The molecular formula is C20H27N3O3S. The highest BCUT2D eigenvalue weighted by atomic mass is 32.2. The molecule has 1 aliphatic carbocycles. The molecule has 27 heavy (non-hydrogen) atoms. The van der Waals surface area contributed by atoms with Crippen LogP contribution in [0.4, 0.5) is 5.69 Å². The summed E-state index contributed by atoms with van der Waals surface area (Å²) in [5, 5.41) is 3.08. The van der Waals surface area contributed by atoms with Crippen LogP contribution in [-0.2, 0) is 9.59 Å². The largest absolute Gasteiger partial charge is 0.497 e. The number of nitrogens with zero attached hydrogens (tertiary/aromatic N) is 2. The summed E-state index contributed by atoms with van der Waals surface area (Å²) in [6.45, 7) is 0.773. The summed E-state index contributed by atoms with van der Waals surface area (Å²) < 4.78 is 5.14. The van der Waals surface area contributed by atoms with Crippen molar-refractivity contribution in [3.05, 3.63) is 24.3 Å². The van der Waals surface area contributed by atoms with Crippen LogP contribution in [-0.4, -0.2) is 42.9 Å². The van der Waals surface area contributed by atoms with Crippen molar-refractivity contribution in [1.29, 1.82) is 0 Å². The van der Waals surface area contributed by atoms with Crippen molar-refractivity contribution in [2.45, 2.75) is 43.8 Å². The van der Waals surface area contributed by atoms with Crippen LogP contribution in [0, 0.1) is 5.92 Å². The summed E-state index contributed by atoms with van der Waals surface area (Å²) in [4.78, 5) is 30.9. The number of carbonyl (C=O) groups excluding carboxylic acids is 2. The number of thioether (sulfide) groups is 1. The normalized spacial score (nSPS) is 21.9. The number of ether oxygens (including phenoxy) is 1. The molecule has 1 unspecified atom stereocenters. The molecule has 0 bridgehead atoms. The number of aliphatic imine (C=N–C) groups is 1. The molecule has 3 rings (SSSR count). The summed E-state index contributed by atoms with van der Waals surface area (Å²) in [5.41, 5.74) is 0.774. The van der Waals surface area contributed by atoms with E-state index in [1.807, 2.05) is 24.3 Å². The number of anilines is 1. The molecule has 1 atom stereocenters. The third-order valence-corrected chi connectivity index (χ3v) is 6.31. The Hall–Kier alpha value is -2.02. The van der Waals surface area contributed by atoms with Crippen molar-refractivity contribution in [3.8, 4) is 5.75 Å². The molecule has 2 amide bonds. The van der Waals surface area contributed by atoms with Gasteiger partial charge in [0.2, 0.25) is 11.8 Å². The van der Waals surface area contributed by atoms with E-state index in [1.165, 1.54) is 43.9 Å². The van der Waals surface area contributed by atoms with Gasteiger partial charge in [-0.05, 0) is 43.0 Å². The Balaban J connectivity index is 1.53. The molecular weight excluding hydrogens is 362 g/mol. The predicted molar refractivity (Wildman–Crippen MR) is 109 cm³/mol. The number of amides is 2. The maximum atomic E-state index is 12.6. The van der Waals surface area contributed by atoms with E-state index in [4.69, 9.17) is 4.74 Å². The highest BCUT2D eigenvalue weighted by Crippen LogP contribution is 2.27. The van der Waals surface area contributed by atoms with Crippen LogP contribution in [0.2, 0.25) is 0 Å². The van der Waals surface area contributed by atoms with E-state index in [0.29, 0.717) is 11.1 Å². The molecule has 1 saturated heterocycles. The maximum absolute atomic E-state index is 12.6. The van der Waals surface area contributed by atoms with Crippen molar-refractivity contribution in [1.82, 2.24) is 5.32 Å². The smallest absolute Gasteiger partial charge is 0.240 e. The fourth-order valence-corrected chi connectivity index (χ4v) is 4.41. The number of rotatable bonds is 6. The molecule has 1 heterocycles. The number of carbonyl (C=O) groups is 2. The minimum atomic E-state index is -0.414. The maximum Gasteiger partial charge on any atom is 0.240 e. The van der Waals surface area contributed by atoms with Crippen molar-refractivity contribution < 1.29 is 14.3 Å². The lowest BCUT2D eigenvalue weighted by atomic mass is 9.89. The van der Waals surface area contributed by atoms with Gasteiger partial charge in [-0.2, -0.15) is 0 Å². The van der Waals surface area contributed by atoms with Gasteiger partial charge in [0.25, 0.3) is 0 Å². The first-order valence-electron chi connectivity index (χ1n) is 9.49. The lowest BCUT2D eigenvalue weighted by molar-refractivity contribution is -0.123. The Morgan fingerprint density at radius 1 is 1.26 bits per heavy atom. The van der Waals surface area contributed by atoms with E-state index in [1.54, 1.807) is 19.1 Å². The van der Waals surface area contributed by atoms with Gasteiger partial charge in [0.05, 0.1) is 7.11 Å². The van der Waals surface area contributed by atoms with Gasteiger partial charge in [0.15, 0.2) is 5.17 Å². The highest BCUT2D eigenvalue weighted by Gasteiger charge is 2.33. The fraction of sp³-hybridized carbons (Fsp3) is 0.550. The van der Waals surface area contributed by atoms with Crippen LogP contribution in [0.25, 0.3) is 0 Å². The Morgan fingerprint density at radius 2 is 1.96 bits per heavy atom. The molecule has 146 valence electrons. The van der Waals surface area contributed by atoms with Gasteiger partial charge in [-0.15, -0.1) is 0 Å². The van der Waals surface area contributed by atoms with Gasteiger partial charge >= 0.3 is 0 Å². The fourth-order valence-electron chi connectivity index (χ4n) is 3.44. The SMILES string of the molecule is COc1ccc(N(C)C(=O)CC2SC(=NCC3CCCCC3)NC2=O)cc1. The molecule has 0 radical (unpaired) electrons. The lowest BCUT2D eigenvalue weighted by Gasteiger charge is -2.19. The van der Waals surface area contributed by atoms with Crippen molar-refractivity contribution >= 4 is 34.4 Å². The molecule has 2 aliphatic rings. The number of nitrogens with one attached hydrogen (secondary N) is 1. The van der Waals surface area contributed by atoms with Crippen LogP contribution >= 0.6 is 11.8 Å². The first-order valence-corrected chi connectivity index (χ1v) is 10.4. The van der Waals surface area contributed by atoms with Crippen molar-refractivity contribution in [2.24, 2.45) is 10.9 Å². The van der Waals surface area contributed by atoms with Gasteiger partial charge in [0.1, 0.15) is 11.0 Å². The lowest BCUT2D eigenvalue weighted by Crippen LogP contribution is -2.32. The van der Waals surface area contributed by atoms with Gasteiger partial charge < -0.3 is 15.0 Å². The summed E-state index contributed by atoms with van der Waals surface area (Å²) in [7, 11) is 3.33. The third-order valence-electron chi connectivity index (χ3n) is 5.19. The Kier molecular flexibility index (Phi) is 6.77. The predicted octanol–water partition coefficient (Wildman–Crippen LogP) is 3.22. The van der Waals surface area contributed by atoms with E-state index in [9.17, 15) is 9.59 Å². The van der Waals surface area contributed by atoms with Crippen LogP contribution in [0.15, 0.2) is 29.3 Å². The van der Waals surface area contributed by atoms with Gasteiger partial charge in [-0.1, -0.05) is 31.0 Å². The molecule has 0 spiro atoms. The van der Waals surface area contributed by atoms with Crippen molar-refractivity contribution in [2.75, 3.05) is 25.6 Å². The summed E-state index contributed by atoms with van der Waals surface area (Å²) in [6, 6.07) is 7.28. The molecule has 1 saturated carbocycles. The van der Waals surface area contributed by atoms with E-state index >= 15 is 0 Å². The number of amidine groups is 1. The van der Waals surface area contributed by atoms with Crippen molar-refractivity contribution in [3.63, 3.8) is 0 Å². The zero-order chi connectivity index (χ0) is 19.2. The van der Waals surface area contributed by atoms with E-state index in [2.05, 4.69) is 10.3 Å². The second-order valence-corrected chi connectivity index (χ2v) is 8.29. The average Bonchev–Trinajstić information content (AvgIpc) is 3.06. The standard InChI is InChI=1S/C20H27N3O3S/c1-23(15-8-10-16(26-2)11-9-15)18(24)12-17-19(25)22-20(27-17)21-13-14-6-4-3-5-7-14/h8-11,14,17H,3-7,12-13H2,1-2H3,(H,21,22,25). The highest BCUT2D eigenvalue weighted by molar-refractivity contribution is 8.15. The van der Waals surface area contributed by atoms with Crippen LogP contribution in [0.3, 0.4) is 0 Å². The number of hydrogen-bond acceptors (Lipinski definition) is 5. The first-order chi connectivity index (χ1) is 13.1. The van der Waals surface area contributed by atoms with E-state index in [0.717, 1.165) is 18.0 Å². The van der Waals surface area contributed by atoms with Crippen LogP contribution in [0.5, 0.6) is 5.75 Å². The zero-order valence-corrected chi connectivity index (χ0v) is 16.8. The molecule has 0 aromatic heterocycles. The minimum Gasteiger partial charge on any atom is -0.497 e. The second-order valence-electron chi connectivity index (χ2n) is 7.10. The third kappa shape index (κ3) is 5.25. The minimum absolute atomic E-state index is 0.0960. The molecule has 6 nitrogen and oxygen atoms in total. The number of hydrogen-bond donors (Lipinski definition) is 1.